The van der Waals surface area contributed by atoms with Crippen LogP contribution in [0.4, 0.5) is 10.3 Å². The molecular formula is C16H16FN5O2. The van der Waals surface area contributed by atoms with Gasteiger partial charge < -0.3 is 14.8 Å². The van der Waals surface area contributed by atoms with Crippen molar-refractivity contribution in [3.8, 4) is 11.5 Å². The maximum atomic E-state index is 13.0. The first-order chi connectivity index (χ1) is 11.8. The average Bonchev–Trinajstić information content (AvgIpc) is 3.13. The second-order valence-electron chi connectivity index (χ2n) is 4.95. The second-order valence-corrected chi connectivity index (χ2v) is 4.95. The first-order valence-electron chi connectivity index (χ1n) is 7.26. The third-order valence-corrected chi connectivity index (χ3v) is 3.36. The van der Waals surface area contributed by atoms with Crippen LogP contribution in [0.5, 0.6) is 11.5 Å². The highest BCUT2D eigenvalue weighted by Crippen LogP contribution is 2.32. The third-order valence-electron chi connectivity index (χ3n) is 3.36. The Hall–Kier alpha value is -3.16. The van der Waals surface area contributed by atoms with Crippen molar-refractivity contribution in [2.24, 2.45) is 0 Å². The summed E-state index contributed by atoms with van der Waals surface area (Å²) in [5.74, 6) is 1.34. The number of methoxy groups -OCH3 is 1. The van der Waals surface area contributed by atoms with Crippen LogP contribution in [0.15, 0.2) is 42.5 Å². The van der Waals surface area contributed by atoms with Crippen LogP contribution < -0.4 is 14.8 Å². The molecule has 0 radical (unpaired) electrons. The Balaban J connectivity index is 1.75. The number of para-hydroxylation sites is 1. The first kappa shape index (κ1) is 15.7. The Morgan fingerprint density at radius 3 is 2.71 bits per heavy atom. The summed E-state index contributed by atoms with van der Waals surface area (Å²) in [6, 6.07) is 11.8. The van der Waals surface area contributed by atoms with Crippen LogP contribution in [-0.4, -0.2) is 27.7 Å². The lowest BCUT2D eigenvalue weighted by Gasteiger charge is -2.15. The monoisotopic (exact) mass is 329 g/mol. The SMILES string of the molecule is COc1cccc(CNc2nn[nH]n2)c1OCc1ccc(F)cc1. The van der Waals surface area contributed by atoms with Gasteiger partial charge in [-0.25, -0.2) is 4.39 Å². The summed E-state index contributed by atoms with van der Waals surface area (Å²) in [4.78, 5) is 0. The van der Waals surface area contributed by atoms with Crippen molar-refractivity contribution in [2.75, 3.05) is 12.4 Å². The molecule has 0 bridgehead atoms. The number of tetrazole rings is 1. The number of aromatic nitrogens is 4. The highest BCUT2D eigenvalue weighted by Gasteiger charge is 2.11. The van der Waals surface area contributed by atoms with E-state index >= 15 is 0 Å². The molecule has 3 rings (SSSR count). The Morgan fingerprint density at radius 1 is 1.17 bits per heavy atom. The van der Waals surface area contributed by atoms with Crippen molar-refractivity contribution < 1.29 is 13.9 Å². The van der Waals surface area contributed by atoms with E-state index in [0.29, 0.717) is 30.6 Å². The van der Waals surface area contributed by atoms with E-state index in [4.69, 9.17) is 9.47 Å². The zero-order valence-electron chi connectivity index (χ0n) is 13.0. The number of aromatic amines is 1. The zero-order chi connectivity index (χ0) is 16.8. The van der Waals surface area contributed by atoms with Gasteiger partial charge in [-0.15, -0.1) is 5.10 Å². The van der Waals surface area contributed by atoms with Gasteiger partial charge in [0.1, 0.15) is 12.4 Å². The largest absolute Gasteiger partial charge is 0.493 e. The van der Waals surface area contributed by atoms with Crippen molar-refractivity contribution in [3.05, 3.63) is 59.4 Å². The Labute approximate surface area is 137 Å². The number of hydrogen-bond donors (Lipinski definition) is 2. The summed E-state index contributed by atoms with van der Waals surface area (Å²) >= 11 is 0. The molecule has 124 valence electrons. The Morgan fingerprint density at radius 2 is 2.00 bits per heavy atom. The molecule has 0 atom stereocenters. The van der Waals surface area contributed by atoms with Crippen LogP contribution in [0, 0.1) is 5.82 Å². The fraction of sp³-hybridized carbons (Fsp3) is 0.188. The smallest absolute Gasteiger partial charge is 0.263 e. The number of nitrogens with zero attached hydrogens (tertiary/aromatic N) is 3. The lowest BCUT2D eigenvalue weighted by Crippen LogP contribution is -2.06. The molecule has 7 nitrogen and oxygen atoms in total. The number of anilines is 1. The number of halogens is 1. The van der Waals surface area contributed by atoms with E-state index in [-0.39, 0.29) is 5.82 Å². The van der Waals surface area contributed by atoms with E-state index in [9.17, 15) is 4.39 Å². The molecule has 8 heteroatoms. The Bertz CT molecular complexity index is 778. The van der Waals surface area contributed by atoms with Crippen LogP contribution in [0.2, 0.25) is 0 Å². The van der Waals surface area contributed by atoms with Crippen molar-refractivity contribution in [1.82, 2.24) is 20.6 Å². The van der Waals surface area contributed by atoms with E-state index in [2.05, 4.69) is 25.9 Å². The summed E-state index contributed by atoms with van der Waals surface area (Å²) in [6.07, 6.45) is 0. The van der Waals surface area contributed by atoms with Gasteiger partial charge in [0.15, 0.2) is 11.5 Å². The summed E-state index contributed by atoms with van der Waals surface area (Å²) in [5, 5.41) is 16.6. The van der Waals surface area contributed by atoms with E-state index in [1.54, 1.807) is 19.2 Å². The number of benzene rings is 2. The van der Waals surface area contributed by atoms with Gasteiger partial charge in [-0.05, 0) is 29.0 Å². The quantitative estimate of drug-likeness (QED) is 0.693. The van der Waals surface area contributed by atoms with E-state index in [1.807, 2.05) is 18.2 Å². The van der Waals surface area contributed by atoms with Crippen LogP contribution >= 0.6 is 0 Å². The number of rotatable bonds is 7. The minimum atomic E-state index is -0.277. The predicted octanol–water partition coefficient (Wildman–Crippen LogP) is 2.54. The minimum absolute atomic E-state index is 0.277. The lowest BCUT2D eigenvalue weighted by molar-refractivity contribution is 0.281. The molecule has 2 aromatic carbocycles. The Kier molecular flexibility index (Phi) is 4.85. The number of ether oxygens (including phenoxy) is 2. The van der Waals surface area contributed by atoms with Crippen molar-refractivity contribution in [1.29, 1.82) is 0 Å². The molecule has 0 aliphatic carbocycles. The number of hydrogen-bond acceptors (Lipinski definition) is 6. The molecule has 2 N–H and O–H groups in total. The molecular weight excluding hydrogens is 313 g/mol. The molecule has 1 aromatic heterocycles. The summed E-state index contributed by atoms with van der Waals surface area (Å²) in [6.45, 7) is 0.741. The van der Waals surface area contributed by atoms with E-state index in [1.165, 1.54) is 12.1 Å². The summed E-state index contributed by atoms with van der Waals surface area (Å²) in [5.41, 5.74) is 1.74. The zero-order valence-corrected chi connectivity index (χ0v) is 13.0. The fourth-order valence-corrected chi connectivity index (χ4v) is 2.17. The molecule has 1 heterocycles. The second kappa shape index (κ2) is 7.40. The molecule has 24 heavy (non-hydrogen) atoms. The first-order valence-corrected chi connectivity index (χ1v) is 7.26. The highest BCUT2D eigenvalue weighted by atomic mass is 19.1. The summed E-state index contributed by atoms with van der Waals surface area (Å²) in [7, 11) is 1.58. The standard InChI is InChI=1S/C16H16FN5O2/c1-23-14-4-2-3-12(9-18-16-19-21-22-20-16)15(14)24-10-11-5-7-13(17)8-6-11/h2-8H,9-10H2,1H3,(H2,18,19,20,21,22). The van der Waals surface area contributed by atoms with Crippen molar-refractivity contribution >= 4 is 5.95 Å². The van der Waals surface area contributed by atoms with E-state index in [0.717, 1.165) is 11.1 Å². The van der Waals surface area contributed by atoms with Crippen molar-refractivity contribution in [2.45, 2.75) is 13.2 Å². The van der Waals surface area contributed by atoms with Gasteiger partial charge in [0, 0.05) is 12.1 Å². The number of nitrogens with one attached hydrogen (secondary N) is 2. The molecule has 0 saturated heterocycles. The van der Waals surface area contributed by atoms with Crippen LogP contribution in [0.25, 0.3) is 0 Å². The lowest BCUT2D eigenvalue weighted by atomic mass is 10.1. The van der Waals surface area contributed by atoms with Gasteiger partial charge in [-0.1, -0.05) is 29.4 Å². The van der Waals surface area contributed by atoms with Crippen molar-refractivity contribution in [3.63, 3.8) is 0 Å². The minimum Gasteiger partial charge on any atom is -0.493 e. The summed E-state index contributed by atoms with van der Waals surface area (Å²) < 4.78 is 24.3. The molecule has 0 spiro atoms. The molecule has 0 unspecified atom stereocenters. The molecule has 0 saturated carbocycles. The molecule has 3 aromatic rings. The van der Waals surface area contributed by atoms with Gasteiger partial charge in [-0.3, -0.25) is 0 Å². The maximum Gasteiger partial charge on any atom is 0.263 e. The van der Waals surface area contributed by atoms with E-state index < -0.39 is 0 Å². The topological polar surface area (TPSA) is 85.0 Å². The molecule has 0 amide bonds. The van der Waals surface area contributed by atoms with Crippen LogP contribution in [0.1, 0.15) is 11.1 Å². The van der Waals surface area contributed by atoms with Gasteiger partial charge in [-0.2, -0.15) is 5.21 Å². The van der Waals surface area contributed by atoms with Crippen LogP contribution in [-0.2, 0) is 13.2 Å². The van der Waals surface area contributed by atoms with Gasteiger partial charge in [0.25, 0.3) is 5.95 Å². The molecule has 0 aliphatic rings. The fourth-order valence-electron chi connectivity index (χ4n) is 2.17. The average molecular weight is 329 g/mol. The van der Waals surface area contributed by atoms with Crippen LogP contribution in [0.3, 0.4) is 0 Å². The normalized spacial score (nSPS) is 10.4. The van der Waals surface area contributed by atoms with Gasteiger partial charge in [0.05, 0.1) is 7.11 Å². The third kappa shape index (κ3) is 3.78. The molecule has 0 aliphatic heterocycles. The van der Waals surface area contributed by atoms with Gasteiger partial charge >= 0.3 is 0 Å². The highest BCUT2D eigenvalue weighted by molar-refractivity contribution is 5.48. The number of H-pyrrole nitrogens is 1. The predicted molar refractivity (Wildman–Crippen MR) is 85.2 cm³/mol. The maximum absolute atomic E-state index is 13.0. The molecule has 0 fully saturated rings. The van der Waals surface area contributed by atoms with Gasteiger partial charge in [0.2, 0.25) is 0 Å².